The van der Waals surface area contributed by atoms with E-state index in [9.17, 15) is 0 Å². The molecule has 0 amide bonds. The second kappa shape index (κ2) is 12.4. The van der Waals surface area contributed by atoms with E-state index in [1.54, 1.807) is 0 Å². The summed E-state index contributed by atoms with van der Waals surface area (Å²) < 4.78 is 0. The number of nitrogens with zero attached hydrogens (tertiary/aromatic N) is 2. The van der Waals surface area contributed by atoms with Crippen LogP contribution in [0, 0.1) is 0 Å². The fraction of sp³-hybridized carbons (Fsp3) is 0.192. The standard InChI is InChI=1S/C52H48N2/c1-50(2,3)47-31-40(54(37-24-16-10-17-25-37)38-26-18-11-19-27-38)32-48-49(47)43-34-45-42(33-46(43)52(48,6)7)41-29-28-39(30-44(41)51(45,4)5)53(35-20-12-8-13-21-35)36-22-14-9-15-23-36/h8-34H,1-7H3. The third kappa shape index (κ3) is 5.30. The molecule has 0 bridgehead atoms. The van der Waals surface area contributed by atoms with Gasteiger partial charge in [0.15, 0.2) is 0 Å². The summed E-state index contributed by atoms with van der Waals surface area (Å²) >= 11 is 0. The molecule has 0 saturated carbocycles. The van der Waals surface area contributed by atoms with Crippen molar-refractivity contribution in [2.45, 2.75) is 64.7 Å². The predicted molar refractivity (Wildman–Crippen MR) is 230 cm³/mol. The molecule has 0 saturated heterocycles. The van der Waals surface area contributed by atoms with E-state index in [2.05, 4.69) is 222 Å². The fourth-order valence-electron chi connectivity index (χ4n) is 9.11. The highest BCUT2D eigenvalue weighted by Crippen LogP contribution is 2.59. The summed E-state index contributed by atoms with van der Waals surface area (Å²) in [7, 11) is 0. The Morgan fingerprint density at radius 1 is 0.352 bits per heavy atom. The summed E-state index contributed by atoms with van der Waals surface area (Å²) in [6.07, 6.45) is 0. The molecule has 0 unspecified atom stereocenters. The number of anilines is 6. The first-order chi connectivity index (χ1) is 25.9. The third-order valence-electron chi connectivity index (χ3n) is 11.9. The van der Waals surface area contributed by atoms with Crippen molar-refractivity contribution in [2.75, 3.05) is 9.80 Å². The summed E-state index contributed by atoms with van der Waals surface area (Å²) in [5.41, 5.74) is 19.0. The van der Waals surface area contributed by atoms with E-state index in [-0.39, 0.29) is 16.2 Å². The molecule has 7 aromatic rings. The molecular formula is C52H48N2. The van der Waals surface area contributed by atoms with Gasteiger partial charge in [-0.3, -0.25) is 0 Å². The first-order valence-electron chi connectivity index (χ1n) is 19.3. The Labute approximate surface area is 321 Å². The minimum absolute atomic E-state index is 0.0818. The van der Waals surface area contributed by atoms with E-state index in [0.717, 1.165) is 22.7 Å². The molecule has 54 heavy (non-hydrogen) atoms. The molecule has 2 aliphatic carbocycles. The molecule has 0 aliphatic heterocycles. The van der Waals surface area contributed by atoms with Gasteiger partial charge in [0, 0.05) is 45.0 Å². The van der Waals surface area contributed by atoms with Gasteiger partial charge in [0.05, 0.1) is 0 Å². The second-order valence-corrected chi connectivity index (χ2v) is 17.1. The topological polar surface area (TPSA) is 6.48 Å². The maximum Gasteiger partial charge on any atom is 0.0468 e. The summed E-state index contributed by atoms with van der Waals surface area (Å²) in [6.45, 7) is 16.8. The van der Waals surface area contributed by atoms with E-state index in [1.807, 2.05) is 0 Å². The lowest BCUT2D eigenvalue weighted by Gasteiger charge is -2.31. The number of hydrogen-bond donors (Lipinski definition) is 0. The quantitative estimate of drug-likeness (QED) is 0.170. The van der Waals surface area contributed by atoms with Crippen LogP contribution in [0.2, 0.25) is 0 Å². The van der Waals surface area contributed by atoms with Crippen LogP contribution in [0.4, 0.5) is 34.1 Å². The van der Waals surface area contributed by atoms with Gasteiger partial charge in [-0.1, -0.05) is 127 Å². The highest BCUT2D eigenvalue weighted by molar-refractivity contribution is 5.94. The van der Waals surface area contributed by atoms with E-state index >= 15 is 0 Å². The Balaban J connectivity index is 1.21. The van der Waals surface area contributed by atoms with Crippen LogP contribution in [0.25, 0.3) is 22.3 Å². The van der Waals surface area contributed by atoms with Gasteiger partial charge in [-0.05, 0) is 140 Å². The number of rotatable bonds is 6. The van der Waals surface area contributed by atoms with Gasteiger partial charge in [-0.15, -0.1) is 0 Å². The van der Waals surface area contributed by atoms with Gasteiger partial charge in [0.1, 0.15) is 0 Å². The van der Waals surface area contributed by atoms with Gasteiger partial charge in [-0.25, -0.2) is 0 Å². The Morgan fingerprint density at radius 2 is 0.741 bits per heavy atom. The van der Waals surface area contributed by atoms with Gasteiger partial charge >= 0.3 is 0 Å². The second-order valence-electron chi connectivity index (χ2n) is 17.1. The van der Waals surface area contributed by atoms with Crippen molar-refractivity contribution >= 4 is 34.1 Å². The molecule has 0 aromatic heterocycles. The fourth-order valence-corrected chi connectivity index (χ4v) is 9.11. The molecule has 0 heterocycles. The molecule has 9 rings (SSSR count). The minimum Gasteiger partial charge on any atom is -0.310 e. The lowest BCUT2D eigenvalue weighted by molar-refractivity contribution is 0.589. The normalized spacial score (nSPS) is 14.5. The maximum atomic E-state index is 2.56. The zero-order valence-electron chi connectivity index (χ0n) is 32.5. The van der Waals surface area contributed by atoms with Gasteiger partial charge in [0.2, 0.25) is 0 Å². The molecule has 0 N–H and O–H groups in total. The molecule has 0 atom stereocenters. The van der Waals surface area contributed by atoms with Crippen LogP contribution in [0.5, 0.6) is 0 Å². The van der Waals surface area contributed by atoms with Gasteiger partial charge in [-0.2, -0.15) is 0 Å². The van der Waals surface area contributed by atoms with Crippen LogP contribution < -0.4 is 9.80 Å². The summed E-state index contributed by atoms with van der Waals surface area (Å²) in [5, 5.41) is 0. The Hall–Kier alpha value is -5.86. The highest BCUT2D eigenvalue weighted by atomic mass is 15.1. The minimum atomic E-state index is -0.195. The molecule has 0 spiro atoms. The number of benzene rings is 7. The Morgan fingerprint density at radius 3 is 1.22 bits per heavy atom. The van der Waals surface area contributed by atoms with E-state index in [1.165, 1.54) is 61.4 Å². The van der Waals surface area contributed by atoms with Crippen LogP contribution >= 0.6 is 0 Å². The Kier molecular flexibility index (Phi) is 7.76. The van der Waals surface area contributed by atoms with Crippen LogP contribution in [0.1, 0.15) is 76.3 Å². The molecule has 2 heteroatoms. The molecule has 0 fully saturated rings. The third-order valence-corrected chi connectivity index (χ3v) is 11.9. The monoisotopic (exact) mass is 700 g/mol. The van der Waals surface area contributed by atoms with E-state index in [0.29, 0.717) is 0 Å². The molecular weight excluding hydrogens is 653 g/mol. The average molecular weight is 701 g/mol. The number of hydrogen-bond acceptors (Lipinski definition) is 2. The molecule has 7 aromatic carbocycles. The SMILES string of the molecule is CC(C)(C)c1cc(N(c2ccccc2)c2ccccc2)cc2c1-c1cc3c(cc1C2(C)C)-c1ccc(N(c2ccccc2)c2ccccc2)cc1C3(C)C. The van der Waals surface area contributed by atoms with Crippen LogP contribution in [-0.2, 0) is 16.2 Å². The van der Waals surface area contributed by atoms with Gasteiger partial charge in [0.25, 0.3) is 0 Å². The van der Waals surface area contributed by atoms with E-state index < -0.39 is 0 Å². The van der Waals surface area contributed by atoms with Crippen LogP contribution in [0.15, 0.2) is 164 Å². The zero-order valence-corrected chi connectivity index (χ0v) is 32.5. The van der Waals surface area contributed by atoms with Crippen LogP contribution in [-0.4, -0.2) is 0 Å². The number of para-hydroxylation sites is 4. The highest BCUT2D eigenvalue weighted by Gasteiger charge is 2.44. The lowest BCUT2D eigenvalue weighted by Crippen LogP contribution is -2.19. The Bertz CT molecular complexity index is 2430. The van der Waals surface area contributed by atoms with Crippen molar-refractivity contribution in [3.8, 4) is 22.3 Å². The maximum absolute atomic E-state index is 2.56. The van der Waals surface area contributed by atoms with Crippen molar-refractivity contribution in [3.63, 3.8) is 0 Å². The van der Waals surface area contributed by atoms with Crippen molar-refractivity contribution in [1.29, 1.82) is 0 Å². The molecule has 266 valence electrons. The average Bonchev–Trinajstić information content (AvgIpc) is 3.54. The summed E-state index contributed by atoms with van der Waals surface area (Å²) in [5.74, 6) is 0. The molecule has 2 nitrogen and oxygen atoms in total. The summed E-state index contributed by atoms with van der Waals surface area (Å²) in [4.78, 5) is 4.79. The van der Waals surface area contributed by atoms with Crippen LogP contribution in [0.3, 0.4) is 0 Å². The van der Waals surface area contributed by atoms with Crippen molar-refractivity contribution < 1.29 is 0 Å². The largest absolute Gasteiger partial charge is 0.310 e. The predicted octanol–water partition coefficient (Wildman–Crippen LogP) is 14.5. The molecule has 0 radical (unpaired) electrons. The smallest absolute Gasteiger partial charge is 0.0468 e. The first kappa shape index (κ1) is 33.9. The first-order valence-corrected chi connectivity index (χ1v) is 19.3. The summed E-state index contributed by atoms with van der Waals surface area (Å²) in [6, 6.07) is 60.2. The number of fused-ring (bicyclic) bond motifs is 6. The lowest BCUT2D eigenvalue weighted by atomic mass is 9.78. The molecule has 2 aliphatic rings. The van der Waals surface area contributed by atoms with Crippen molar-refractivity contribution in [1.82, 2.24) is 0 Å². The zero-order chi connectivity index (χ0) is 37.4. The van der Waals surface area contributed by atoms with E-state index in [4.69, 9.17) is 0 Å². The van der Waals surface area contributed by atoms with Crippen molar-refractivity contribution in [3.05, 3.63) is 192 Å². The van der Waals surface area contributed by atoms with Gasteiger partial charge < -0.3 is 9.80 Å². The van der Waals surface area contributed by atoms with Crippen molar-refractivity contribution in [2.24, 2.45) is 0 Å².